The van der Waals surface area contributed by atoms with Gasteiger partial charge in [-0.2, -0.15) is 0 Å². The van der Waals surface area contributed by atoms with Gasteiger partial charge in [-0.25, -0.2) is 0 Å². The van der Waals surface area contributed by atoms with Crippen LogP contribution in [0.1, 0.15) is 34.5 Å². The highest BCUT2D eigenvalue weighted by Gasteiger charge is 2.47. The van der Waals surface area contributed by atoms with Gasteiger partial charge in [0.05, 0.1) is 5.57 Å². The molecule has 1 atom stereocenters. The van der Waals surface area contributed by atoms with Gasteiger partial charge in [-0.1, -0.05) is 49.4 Å². The lowest BCUT2D eigenvalue weighted by molar-refractivity contribution is -0.132. The Balaban J connectivity index is 1.92. The molecule has 4 rings (SSSR count). The second kappa shape index (κ2) is 7.68. The number of nitrogens with zero attached hydrogens (tertiary/aromatic N) is 1. The van der Waals surface area contributed by atoms with Gasteiger partial charge >= 0.3 is 0 Å². The smallest absolute Gasteiger partial charge is 0.300 e. The third kappa shape index (κ3) is 3.28. The minimum absolute atomic E-state index is 0.133. The molecule has 2 heterocycles. The number of para-hydroxylation sites is 1. The quantitative estimate of drug-likeness (QED) is 0.368. The summed E-state index contributed by atoms with van der Waals surface area (Å²) in [6.45, 7) is 4.01. The summed E-state index contributed by atoms with van der Waals surface area (Å²) in [5.41, 5.74) is 3.42. The fourth-order valence-electron chi connectivity index (χ4n) is 3.65. The number of hydrogen-bond acceptors (Lipinski definition) is 4. The Hall–Kier alpha value is -3.18. The molecule has 0 spiro atoms. The van der Waals surface area contributed by atoms with E-state index in [0.717, 1.165) is 22.4 Å². The number of aryl methyl sites for hydroxylation is 2. The van der Waals surface area contributed by atoms with Crippen LogP contribution in [0.5, 0.6) is 0 Å². The Morgan fingerprint density at radius 3 is 2.31 bits per heavy atom. The van der Waals surface area contributed by atoms with E-state index in [4.69, 9.17) is 0 Å². The van der Waals surface area contributed by atoms with Gasteiger partial charge in [0, 0.05) is 16.1 Å². The number of aliphatic hydroxyl groups excluding tert-OH is 1. The van der Waals surface area contributed by atoms with E-state index in [1.165, 1.54) is 16.2 Å². The summed E-state index contributed by atoms with van der Waals surface area (Å²) in [4.78, 5) is 28.4. The Bertz CT molecular complexity index is 1100. The summed E-state index contributed by atoms with van der Waals surface area (Å²) in [5, 5.41) is 13.0. The van der Waals surface area contributed by atoms with Crippen LogP contribution >= 0.6 is 11.3 Å². The minimum atomic E-state index is -0.663. The van der Waals surface area contributed by atoms with Gasteiger partial charge in [0.25, 0.3) is 11.7 Å². The van der Waals surface area contributed by atoms with Crippen LogP contribution in [0, 0.1) is 6.92 Å². The third-order valence-corrected chi connectivity index (χ3v) is 6.34. The molecule has 1 aliphatic rings. The molecular weight excluding hydrogens is 382 g/mol. The van der Waals surface area contributed by atoms with Crippen molar-refractivity contribution in [2.24, 2.45) is 0 Å². The second-order valence-corrected chi connectivity index (χ2v) is 7.97. The lowest BCUT2D eigenvalue weighted by Crippen LogP contribution is -2.29. The highest BCUT2D eigenvalue weighted by molar-refractivity contribution is 7.10. The molecule has 3 aromatic rings. The number of aliphatic hydroxyl groups is 1. The number of carbonyl (C=O) groups is 2. The van der Waals surface area contributed by atoms with Crippen molar-refractivity contribution in [1.82, 2.24) is 0 Å². The zero-order valence-corrected chi connectivity index (χ0v) is 17.1. The fraction of sp³-hybridized carbons (Fsp3) is 0.167. The first-order valence-electron chi connectivity index (χ1n) is 9.52. The van der Waals surface area contributed by atoms with E-state index in [9.17, 15) is 14.7 Å². The van der Waals surface area contributed by atoms with E-state index in [1.807, 2.05) is 48.7 Å². The van der Waals surface area contributed by atoms with Crippen molar-refractivity contribution in [2.75, 3.05) is 4.90 Å². The molecule has 1 saturated heterocycles. The summed E-state index contributed by atoms with van der Waals surface area (Å²) in [5.74, 6) is -1.42. The van der Waals surface area contributed by atoms with E-state index < -0.39 is 17.7 Å². The number of rotatable bonds is 4. The Morgan fingerprint density at radius 2 is 1.72 bits per heavy atom. The summed E-state index contributed by atoms with van der Waals surface area (Å²) in [7, 11) is 0. The van der Waals surface area contributed by atoms with Crippen molar-refractivity contribution >= 4 is 34.5 Å². The molecule has 0 aliphatic carbocycles. The van der Waals surface area contributed by atoms with Crippen molar-refractivity contribution in [3.05, 3.63) is 93.2 Å². The SMILES string of the molecule is CCc1ccc(/C(O)=C2/C(=O)C(=O)N(c3ccccc3)C2c2sccc2C)cc1. The lowest BCUT2D eigenvalue weighted by Gasteiger charge is -2.25. The molecule has 2 aromatic carbocycles. The number of carbonyl (C=O) groups excluding carboxylic acids is 2. The van der Waals surface area contributed by atoms with Crippen molar-refractivity contribution in [2.45, 2.75) is 26.3 Å². The van der Waals surface area contributed by atoms with Crippen LogP contribution in [0.4, 0.5) is 5.69 Å². The predicted octanol–water partition coefficient (Wildman–Crippen LogP) is 5.25. The number of ketones is 1. The topological polar surface area (TPSA) is 57.6 Å². The van der Waals surface area contributed by atoms with E-state index in [2.05, 4.69) is 6.92 Å². The Labute approximate surface area is 173 Å². The maximum atomic E-state index is 13.0. The van der Waals surface area contributed by atoms with Gasteiger partial charge < -0.3 is 5.11 Å². The number of amides is 1. The van der Waals surface area contributed by atoms with Crippen LogP contribution in [-0.2, 0) is 16.0 Å². The highest BCUT2D eigenvalue weighted by atomic mass is 32.1. The molecule has 0 saturated carbocycles. The lowest BCUT2D eigenvalue weighted by atomic mass is 9.97. The number of thiophene rings is 1. The van der Waals surface area contributed by atoms with Gasteiger partial charge in [0.1, 0.15) is 11.8 Å². The molecule has 0 radical (unpaired) electrons. The molecule has 1 N–H and O–H groups in total. The van der Waals surface area contributed by atoms with Crippen molar-refractivity contribution in [3.8, 4) is 0 Å². The summed E-state index contributed by atoms with van der Waals surface area (Å²) in [6, 6.07) is 17.9. The Morgan fingerprint density at radius 1 is 1.03 bits per heavy atom. The zero-order valence-electron chi connectivity index (χ0n) is 16.3. The highest BCUT2D eigenvalue weighted by Crippen LogP contribution is 2.44. The minimum Gasteiger partial charge on any atom is -0.507 e. The second-order valence-electron chi connectivity index (χ2n) is 7.02. The molecule has 1 aromatic heterocycles. The van der Waals surface area contributed by atoms with Crippen molar-refractivity contribution < 1.29 is 14.7 Å². The number of Topliss-reactive ketones (excluding diaryl/α,β-unsaturated/α-hetero) is 1. The summed E-state index contributed by atoms with van der Waals surface area (Å²) < 4.78 is 0. The van der Waals surface area contributed by atoms with Crippen LogP contribution in [0.2, 0.25) is 0 Å². The fourth-order valence-corrected chi connectivity index (χ4v) is 4.68. The van der Waals surface area contributed by atoms with Crippen LogP contribution in [0.15, 0.2) is 71.6 Å². The van der Waals surface area contributed by atoms with Crippen LogP contribution < -0.4 is 4.90 Å². The molecule has 1 aliphatic heterocycles. The van der Waals surface area contributed by atoms with Gasteiger partial charge in [0.2, 0.25) is 0 Å². The molecule has 1 fully saturated rings. The first-order valence-corrected chi connectivity index (χ1v) is 10.4. The first kappa shape index (κ1) is 19.2. The number of benzene rings is 2. The predicted molar refractivity (Wildman–Crippen MR) is 116 cm³/mol. The number of hydrogen-bond donors (Lipinski definition) is 1. The van der Waals surface area contributed by atoms with E-state index in [-0.39, 0.29) is 11.3 Å². The molecule has 29 heavy (non-hydrogen) atoms. The van der Waals surface area contributed by atoms with Crippen LogP contribution in [-0.4, -0.2) is 16.8 Å². The molecule has 5 heteroatoms. The standard InChI is InChI=1S/C24H21NO3S/c1-3-16-9-11-17(12-10-16)21(26)19-20(23-15(2)13-14-29-23)25(24(28)22(19)27)18-7-5-4-6-8-18/h4-14,20,26H,3H2,1-2H3/b21-19-. The monoisotopic (exact) mass is 403 g/mol. The maximum absolute atomic E-state index is 13.0. The average Bonchev–Trinajstić information content (AvgIpc) is 3.29. The molecule has 4 nitrogen and oxygen atoms in total. The molecule has 1 unspecified atom stereocenters. The largest absolute Gasteiger partial charge is 0.507 e. The molecule has 0 bridgehead atoms. The van der Waals surface area contributed by atoms with Gasteiger partial charge in [-0.15, -0.1) is 11.3 Å². The average molecular weight is 404 g/mol. The number of anilines is 1. The van der Waals surface area contributed by atoms with Gasteiger partial charge in [0.15, 0.2) is 0 Å². The van der Waals surface area contributed by atoms with Crippen molar-refractivity contribution in [3.63, 3.8) is 0 Å². The Kier molecular flexibility index (Phi) is 5.07. The van der Waals surface area contributed by atoms with E-state index in [1.54, 1.807) is 24.3 Å². The van der Waals surface area contributed by atoms with Gasteiger partial charge in [-0.05, 0) is 48.1 Å². The van der Waals surface area contributed by atoms with Crippen LogP contribution in [0.3, 0.4) is 0 Å². The van der Waals surface area contributed by atoms with Crippen molar-refractivity contribution in [1.29, 1.82) is 0 Å². The first-order chi connectivity index (χ1) is 14.0. The molecule has 1 amide bonds. The molecule has 146 valence electrons. The summed E-state index contributed by atoms with van der Waals surface area (Å²) >= 11 is 1.48. The zero-order chi connectivity index (χ0) is 20.5. The normalized spacial score (nSPS) is 18.4. The van der Waals surface area contributed by atoms with Gasteiger partial charge in [-0.3, -0.25) is 14.5 Å². The molecular formula is C24H21NO3S. The maximum Gasteiger partial charge on any atom is 0.300 e. The van der Waals surface area contributed by atoms with Crippen LogP contribution in [0.25, 0.3) is 5.76 Å². The third-order valence-electron chi connectivity index (χ3n) is 5.26. The summed E-state index contributed by atoms with van der Waals surface area (Å²) in [6.07, 6.45) is 0.883. The van der Waals surface area contributed by atoms with E-state index in [0.29, 0.717) is 11.3 Å². The van der Waals surface area contributed by atoms with E-state index >= 15 is 0 Å².